The zero-order chi connectivity index (χ0) is 15.2. The predicted octanol–water partition coefficient (Wildman–Crippen LogP) is 3.20. The summed E-state index contributed by atoms with van der Waals surface area (Å²) in [6.07, 6.45) is 0. The van der Waals surface area contributed by atoms with Gasteiger partial charge in [0.05, 0.1) is 5.56 Å². The Morgan fingerprint density at radius 1 is 1.33 bits per heavy atom. The van der Waals surface area contributed by atoms with Gasteiger partial charge in [0.2, 0.25) is 0 Å². The van der Waals surface area contributed by atoms with Gasteiger partial charge >= 0.3 is 0 Å². The van der Waals surface area contributed by atoms with Crippen LogP contribution in [-0.2, 0) is 0 Å². The molecule has 0 unspecified atom stereocenters. The maximum Gasteiger partial charge on any atom is 0.259 e. The molecule has 0 aromatic heterocycles. The van der Waals surface area contributed by atoms with Crippen molar-refractivity contribution in [1.82, 2.24) is 0 Å². The molecule has 1 amide bonds. The van der Waals surface area contributed by atoms with Crippen molar-refractivity contribution < 1.29 is 14.6 Å². The molecule has 0 bridgehead atoms. The second kappa shape index (κ2) is 6.64. The summed E-state index contributed by atoms with van der Waals surface area (Å²) in [5.74, 6) is -0.189. The van der Waals surface area contributed by atoms with Crippen LogP contribution in [0.3, 0.4) is 0 Å². The number of nitrogens with zero attached hydrogens (tertiary/aromatic N) is 1. The van der Waals surface area contributed by atoms with Gasteiger partial charge in [-0.25, -0.2) is 0 Å². The van der Waals surface area contributed by atoms with E-state index in [1.54, 1.807) is 24.3 Å². The van der Waals surface area contributed by atoms with E-state index < -0.39 is 5.91 Å². The van der Waals surface area contributed by atoms with Gasteiger partial charge in [-0.2, -0.15) is 5.26 Å². The molecule has 0 fully saturated rings. The molecule has 21 heavy (non-hydrogen) atoms. The van der Waals surface area contributed by atoms with Crippen LogP contribution in [0.2, 0.25) is 5.02 Å². The van der Waals surface area contributed by atoms with Gasteiger partial charge in [-0.15, -0.1) is 0 Å². The Morgan fingerprint density at radius 2 is 2.14 bits per heavy atom. The third-order valence-corrected chi connectivity index (χ3v) is 2.83. The second-order valence-corrected chi connectivity index (χ2v) is 4.53. The van der Waals surface area contributed by atoms with E-state index in [4.69, 9.17) is 21.6 Å². The molecule has 0 saturated heterocycles. The number of halogens is 1. The Balaban J connectivity index is 2.16. The fourth-order valence-electron chi connectivity index (χ4n) is 1.67. The third-order valence-electron chi connectivity index (χ3n) is 2.60. The van der Waals surface area contributed by atoms with Crippen molar-refractivity contribution in [2.24, 2.45) is 0 Å². The summed E-state index contributed by atoms with van der Waals surface area (Å²) in [5, 5.41) is 21.1. The number of aromatic hydroxyl groups is 1. The van der Waals surface area contributed by atoms with Crippen molar-refractivity contribution in [3.63, 3.8) is 0 Å². The van der Waals surface area contributed by atoms with Crippen LogP contribution in [0.25, 0.3) is 0 Å². The fraction of sp³-hybridized carbons (Fsp3) is 0.0667. The molecule has 0 atom stereocenters. The largest absolute Gasteiger partial charge is 0.507 e. The number of ether oxygens (including phenoxy) is 1. The van der Waals surface area contributed by atoms with Crippen molar-refractivity contribution in [3.8, 4) is 17.6 Å². The van der Waals surface area contributed by atoms with Gasteiger partial charge in [-0.05, 0) is 30.3 Å². The highest BCUT2D eigenvalue weighted by Gasteiger charge is 2.12. The van der Waals surface area contributed by atoms with E-state index in [1.807, 2.05) is 6.07 Å². The van der Waals surface area contributed by atoms with Gasteiger partial charge in [-0.3, -0.25) is 4.79 Å². The molecule has 0 heterocycles. The van der Waals surface area contributed by atoms with Crippen LogP contribution < -0.4 is 10.1 Å². The van der Waals surface area contributed by atoms with Gasteiger partial charge in [-0.1, -0.05) is 17.7 Å². The number of phenols is 1. The number of phenolic OH excluding ortho intramolecular Hbond substituents is 1. The first kappa shape index (κ1) is 14.7. The quantitative estimate of drug-likeness (QED) is 0.908. The zero-order valence-corrected chi connectivity index (χ0v) is 11.6. The Labute approximate surface area is 126 Å². The summed E-state index contributed by atoms with van der Waals surface area (Å²) in [6, 6.07) is 12.7. The van der Waals surface area contributed by atoms with Gasteiger partial charge in [0.15, 0.2) is 6.61 Å². The molecule has 0 spiro atoms. The van der Waals surface area contributed by atoms with Crippen LogP contribution in [0, 0.1) is 11.3 Å². The first-order chi connectivity index (χ1) is 10.1. The normalized spacial score (nSPS) is 9.71. The van der Waals surface area contributed by atoms with E-state index >= 15 is 0 Å². The second-order valence-electron chi connectivity index (χ2n) is 4.09. The molecule has 5 nitrogen and oxygen atoms in total. The lowest BCUT2D eigenvalue weighted by Gasteiger charge is -2.09. The lowest BCUT2D eigenvalue weighted by Crippen LogP contribution is -2.12. The van der Waals surface area contributed by atoms with Crippen LogP contribution >= 0.6 is 11.6 Å². The maximum atomic E-state index is 12.1. The van der Waals surface area contributed by atoms with Crippen LogP contribution in [-0.4, -0.2) is 17.6 Å². The number of anilines is 1. The van der Waals surface area contributed by atoms with Crippen LogP contribution in [0.4, 0.5) is 5.69 Å². The zero-order valence-electron chi connectivity index (χ0n) is 10.8. The van der Waals surface area contributed by atoms with Gasteiger partial charge in [0, 0.05) is 16.8 Å². The number of hydrogen-bond donors (Lipinski definition) is 2. The van der Waals surface area contributed by atoms with Gasteiger partial charge in [0.25, 0.3) is 5.91 Å². The Kier molecular flexibility index (Phi) is 4.64. The molecule has 0 radical (unpaired) electrons. The highest BCUT2D eigenvalue weighted by molar-refractivity contribution is 6.31. The standard InChI is InChI=1S/C15H11ClN2O3/c16-10-4-5-14(19)13(8-10)15(20)18-11-2-1-3-12(9-11)21-7-6-17/h1-5,8-9,19H,7H2,(H,18,20). The van der Waals surface area contributed by atoms with Gasteiger partial charge < -0.3 is 15.2 Å². The smallest absolute Gasteiger partial charge is 0.259 e. The molecule has 0 aliphatic rings. The Morgan fingerprint density at radius 3 is 2.90 bits per heavy atom. The molecular formula is C15H11ClN2O3. The van der Waals surface area contributed by atoms with Crippen molar-refractivity contribution in [3.05, 3.63) is 53.1 Å². The molecule has 0 saturated carbocycles. The SMILES string of the molecule is N#CCOc1cccc(NC(=O)c2cc(Cl)ccc2O)c1. The molecule has 2 rings (SSSR count). The summed E-state index contributed by atoms with van der Waals surface area (Å²) >= 11 is 5.80. The first-order valence-corrected chi connectivity index (χ1v) is 6.37. The summed E-state index contributed by atoms with van der Waals surface area (Å²) in [7, 11) is 0. The summed E-state index contributed by atoms with van der Waals surface area (Å²) in [6.45, 7) is -0.0769. The van der Waals surface area contributed by atoms with E-state index in [0.29, 0.717) is 16.5 Å². The summed E-state index contributed by atoms with van der Waals surface area (Å²) < 4.78 is 5.14. The van der Waals surface area contributed by atoms with Crippen LogP contribution in [0.1, 0.15) is 10.4 Å². The first-order valence-electron chi connectivity index (χ1n) is 6.00. The number of carbonyl (C=O) groups is 1. The number of rotatable bonds is 4. The Bertz CT molecular complexity index is 710. The number of nitriles is 1. The van der Waals surface area contributed by atoms with Crippen LogP contribution in [0.15, 0.2) is 42.5 Å². The molecular weight excluding hydrogens is 292 g/mol. The van der Waals surface area contributed by atoms with Gasteiger partial charge in [0.1, 0.15) is 17.6 Å². The minimum absolute atomic E-state index is 0.0749. The number of nitrogens with one attached hydrogen (secondary N) is 1. The van der Waals surface area contributed by atoms with E-state index in [1.165, 1.54) is 18.2 Å². The Hall–Kier alpha value is -2.71. The molecule has 0 aliphatic carbocycles. The lowest BCUT2D eigenvalue weighted by atomic mass is 10.2. The number of amides is 1. The number of hydrogen-bond acceptors (Lipinski definition) is 4. The molecule has 2 aromatic carbocycles. The predicted molar refractivity (Wildman–Crippen MR) is 78.6 cm³/mol. The van der Waals surface area contributed by atoms with E-state index in [9.17, 15) is 9.90 Å². The monoisotopic (exact) mass is 302 g/mol. The minimum atomic E-state index is -0.493. The maximum absolute atomic E-state index is 12.1. The van der Waals surface area contributed by atoms with E-state index in [0.717, 1.165) is 0 Å². The molecule has 2 N–H and O–H groups in total. The van der Waals surface area contributed by atoms with Crippen molar-refractivity contribution in [2.45, 2.75) is 0 Å². The summed E-state index contributed by atoms with van der Waals surface area (Å²) in [5.41, 5.74) is 0.556. The average molecular weight is 303 g/mol. The van der Waals surface area contributed by atoms with Crippen molar-refractivity contribution in [1.29, 1.82) is 5.26 Å². The highest BCUT2D eigenvalue weighted by atomic mass is 35.5. The number of benzene rings is 2. The highest BCUT2D eigenvalue weighted by Crippen LogP contribution is 2.23. The van der Waals surface area contributed by atoms with Crippen molar-refractivity contribution in [2.75, 3.05) is 11.9 Å². The molecule has 0 aliphatic heterocycles. The third kappa shape index (κ3) is 3.88. The molecule has 6 heteroatoms. The topological polar surface area (TPSA) is 82.3 Å². The summed E-state index contributed by atoms with van der Waals surface area (Å²) in [4.78, 5) is 12.1. The van der Waals surface area contributed by atoms with Crippen molar-refractivity contribution >= 4 is 23.2 Å². The number of carbonyl (C=O) groups excluding carboxylic acids is 1. The minimum Gasteiger partial charge on any atom is -0.507 e. The fourth-order valence-corrected chi connectivity index (χ4v) is 1.84. The average Bonchev–Trinajstić information content (AvgIpc) is 2.48. The van der Waals surface area contributed by atoms with E-state index in [-0.39, 0.29) is 17.9 Å². The lowest BCUT2D eigenvalue weighted by molar-refractivity contribution is 0.102. The molecule has 2 aromatic rings. The molecule has 106 valence electrons. The van der Waals surface area contributed by atoms with E-state index in [2.05, 4.69) is 5.32 Å². The van der Waals surface area contributed by atoms with Crippen LogP contribution in [0.5, 0.6) is 11.5 Å².